The maximum absolute atomic E-state index is 14.9. The summed E-state index contributed by atoms with van der Waals surface area (Å²) in [5.74, 6) is 0.424. The van der Waals surface area contributed by atoms with Crippen molar-refractivity contribution < 1.29 is 23.5 Å². The number of Topliss-reactive ketones (excluding diaryl/α,β-unsaturated/α-hetero) is 1. The lowest BCUT2D eigenvalue weighted by Gasteiger charge is -2.17. The van der Waals surface area contributed by atoms with E-state index in [1.54, 1.807) is 35.5 Å². The molecule has 1 aliphatic heterocycles. The third kappa shape index (κ3) is 6.27. The first-order valence-corrected chi connectivity index (χ1v) is 14.5. The van der Waals surface area contributed by atoms with E-state index in [0.29, 0.717) is 48.7 Å². The van der Waals surface area contributed by atoms with Crippen LogP contribution in [-0.2, 0) is 27.3 Å². The van der Waals surface area contributed by atoms with Crippen molar-refractivity contribution in [2.24, 2.45) is 5.92 Å². The number of rotatable bonds is 10. The van der Waals surface area contributed by atoms with Crippen molar-refractivity contribution in [3.63, 3.8) is 0 Å². The first-order chi connectivity index (χ1) is 19.8. The van der Waals surface area contributed by atoms with Gasteiger partial charge < -0.3 is 15.0 Å². The number of aromatic nitrogens is 2. The molecule has 0 unspecified atom stereocenters. The monoisotopic (exact) mass is 572 g/mol. The second-order valence-electron chi connectivity index (χ2n) is 10.7. The van der Waals surface area contributed by atoms with Crippen LogP contribution in [0.4, 0.5) is 4.39 Å². The Labute approximate surface area is 240 Å². The highest BCUT2D eigenvalue weighted by Crippen LogP contribution is 2.39. The number of thiophene rings is 1. The Hall–Kier alpha value is -4.18. The third-order valence-corrected chi connectivity index (χ3v) is 8.49. The van der Waals surface area contributed by atoms with Gasteiger partial charge in [0.25, 0.3) is 0 Å². The summed E-state index contributed by atoms with van der Waals surface area (Å²) in [5, 5.41) is 2.70. The third-order valence-electron chi connectivity index (χ3n) is 7.33. The quantitative estimate of drug-likeness (QED) is 0.272. The van der Waals surface area contributed by atoms with Crippen molar-refractivity contribution in [1.82, 2.24) is 20.2 Å². The van der Waals surface area contributed by atoms with Gasteiger partial charge in [0, 0.05) is 51.3 Å². The highest BCUT2D eigenvalue weighted by atomic mass is 32.1. The minimum Gasteiger partial charge on any atom is -0.453 e. The van der Waals surface area contributed by atoms with Gasteiger partial charge >= 0.3 is 0 Å². The van der Waals surface area contributed by atoms with Crippen LogP contribution >= 0.6 is 11.3 Å². The Kier molecular flexibility index (Phi) is 7.49. The predicted octanol–water partition coefficient (Wildman–Crippen LogP) is 5.44. The van der Waals surface area contributed by atoms with Gasteiger partial charge in [-0.3, -0.25) is 24.4 Å². The molecule has 41 heavy (non-hydrogen) atoms. The van der Waals surface area contributed by atoms with E-state index >= 15 is 0 Å². The number of amides is 2. The van der Waals surface area contributed by atoms with Crippen LogP contribution in [0.25, 0.3) is 20.8 Å². The first kappa shape index (κ1) is 27.0. The average Bonchev–Trinajstić information content (AvgIpc) is 3.54. The predicted molar refractivity (Wildman–Crippen MR) is 153 cm³/mol. The van der Waals surface area contributed by atoms with E-state index in [4.69, 9.17) is 4.74 Å². The highest BCUT2D eigenvalue weighted by molar-refractivity contribution is 7.22. The van der Waals surface area contributed by atoms with Gasteiger partial charge in [0.05, 0.1) is 20.8 Å². The van der Waals surface area contributed by atoms with Gasteiger partial charge in [-0.2, -0.15) is 0 Å². The number of ether oxygens (including phenoxy) is 1. The van der Waals surface area contributed by atoms with Crippen molar-refractivity contribution in [3.05, 3.63) is 71.8 Å². The second-order valence-corrected chi connectivity index (χ2v) is 11.8. The Balaban J connectivity index is 1.14. The number of carbonyl (C=O) groups excluding carboxylic acids is 3. The number of hydrogen-bond acceptors (Lipinski definition) is 7. The summed E-state index contributed by atoms with van der Waals surface area (Å²) < 4.78 is 21.7. The average molecular weight is 573 g/mol. The number of carbonyl (C=O) groups is 3. The number of hydrogen-bond donors (Lipinski definition) is 1. The van der Waals surface area contributed by atoms with E-state index in [2.05, 4.69) is 15.3 Å². The van der Waals surface area contributed by atoms with E-state index < -0.39 is 11.9 Å². The molecule has 1 aliphatic carbocycles. The Morgan fingerprint density at radius 2 is 1.90 bits per heavy atom. The van der Waals surface area contributed by atoms with Crippen molar-refractivity contribution in [1.29, 1.82) is 0 Å². The van der Waals surface area contributed by atoms with Gasteiger partial charge in [0.1, 0.15) is 17.6 Å². The number of nitrogens with zero attached hydrogens (tertiary/aromatic N) is 3. The van der Waals surface area contributed by atoms with Gasteiger partial charge in [-0.15, -0.1) is 11.3 Å². The number of nitrogens with one attached hydrogen (secondary N) is 1. The minimum absolute atomic E-state index is 0.0828. The molecule has 1 saturated carbocycles. The molecule has 1 saturated heterocycles. The highest BCUT2D eigenvalue weighted by Gasteiger charge is 2.32. The largest absolute Gasteiger partial charge is 0.453 e. The molecule has 1 aromatic carbocycles. The van der Waals surface area contributed by atoms with Gasteiger partial charge in [-0.25, -0.2) is 4.39 Å². The van der Waals surface area contributed by atoms with E-state index in [1.807, 2.05) is 18.2 Å². The maximum Gasteiger partial charge on any atom is 0.245 e. The summed E-state index contributed by atoms with van der Waals surface area (Å²) in [6.07, 6.45) is 7.00. The Bertz CT molecular complexity index is 1630. The molecule has 1 atom stereocenters. The molecule has 0 bridgehead atoms. The number of ketones is 1. The van der Waals surface area contributed by atoms with E-state index in [0.717, 1.165) is 33.7 Å². The lowest BCUT2D eigenvalue weighted by molar-refractivity contribution is -0.132. The van der Waals surface area contributed by atoms with Crippen LogP contribution in [0, 0.1) is 11.7 Å². The second kappa shape index (κ2) is 11.4. The van der Waals surface area contributed by atoms with Crippen molar-refractivity contribution >= 4 is 39.2 Å². The van der Waals surface area contributed by atoms with Crippen LogP contribution in [0.1, 0.15) is 43.7 Å². The SMILES string of the molecule is CC(=O)N[C@H]1CCN(Cc2ccc(-c3cc4nccc(Oc5ccc(CC(=O)CC6CC6)cc5F)c4s3)nc2)C1=O. The standard InChI is InChI=1S/C31H29FN4O4S/c1-18(37)35-25-9-11-36(31(25)39)17-21-4-6-24(34-16-21)29-15-26-30(41-29)28(8-10-33-26)40-27-7-5-20(14-23(27)32)13-22(38)12-19-2-3-19/h4-8,10,14-16,19,25H,2-3,9,11-13,17H2,1H3,(H,35,37)/t25-/m0/s1. The fourth-order valence-electron chi connectivity index (χ4n) is 5.08. The zero-order valence-corrected chi connectivity index (χ0v) is 23.4. The molecule has 2 amide bonds. The van der Waals surface area contributed by atoms with Crippen LogP contribution in [0.15, 0.2) is 54.9 Å². The van der Waals surface area contributed by atoms with E-state index in [-0.39, 0.29) is 29.8 Å². The molecule has 210 valence electrons. The summed E-state index contributed by atoms with van der Waals surface area (Å²) in [6, 6.07) is 11.7. The molecule has 4 heterocycles. The van der Waals surface area contributed by atoms with Crippen LogP contribution in [0.2, 0.25) is 0 Å². The summed E-state index contributed by atoms with van der Waals surface area (Å²) in [6.45, 7) is 2.42. The smallest absolute Gasteiger partial charge is 0.245 e. The molecule has 0 radical (unpaired) electrons. The van der Waals surface area contributed by atoms with Crippen LogP contribution in [-0.4, -0.2) is 45.1 Å². The molecular weight excluding hydrogens is 543 g/mol. The molecule has 6 rings (SSSR count). The molecule has 2 aliphatic rings. The molecule has 10 heteroatoms. The first-order valence-electron chi connectivity index (χ1n) is 13.7. The minimum atomic E-state index is -0.513. The van der Waals surface area contributed by atoms with Crippen LogP contribution in [0.5, 0.6) is 11.5 Å². The molecule has 4 aromatic rings. The number of likely N-dealkylation sites (tertiary alicyclic amines) is 1. The number of benzene rings is 1. The Morgan fingerprint density at radius 1 is 1.07 bits per heavy atom. The van der Waals surface area contributed by atoms with Gasteiger partial charge in [0.2, 0.25) is 11.8 Å². The summed E-state index contributed by atoms with van der Waals surface area (Å²) in [4.78, 5) is 47.7. The van der Waals surface area contributed by atoms with Crippen molar-refractivity contribution in [2.45, 2.75) is 51.6 Å². The molecule has 8 nitrogen and oxygen atoms in total. The maximum atomic E-state index is 14.9. The molecule has 3 aromatic heterocycles. The topological polar surface area (TPSA) is 101 Å². The zero-order chi connectivity index (χ0) is 28.5. The fraction of sp³-hybridized carbons (Fsp3) is 0.323. The number of pyridine rings is 2. The molecule has 2 fully saturated rings. The molecular formula is C31H29FN4O4S. The fourth-order valence-corrected chi connectivity index (χ4v) is 6.12. The lowest BCUT2D eigenvalue weighted by Crippen LogP contribution is -2.40. The van der Waals surface area contributed by atoms with Crippen LogP contribution < -0.4 is 10.1 Å². The Morgan fingerprint density at radius 3 is 2.63 bits per heavy atom. The van der Waals surface area contributed by atoms with E-state index in [9.17, 15) is 18.8 Å². The van der Waals surface area contributed by atoms with Gasteiger partial charge in [-0.1, -0.05) is 12.1 Å². The van der Waals surface area contributed by atoms with Crippen molar-refractivity contribution in [3.8, 4) is 22.1 Å². The summed E-state index contributed by atoms with van der Waals surface area (Å²) in [7, 11) is 0. The van der Waals surface area contributed by atoms with Gasteiger partial charge in [0.15, 0.2) is 11.6 Å². The molecule has 0 spiro atoms. The van der Waals surface area contributed by atoms with Gasteiger partial charge in [-0.05, 0) is 60.6 Å². The van der Waals surface area contributed by atoms with E-state index in [1.165, 1.54) is 24.3 Å². The molecule has 1 N–H and O–H groups in total. The summed E-state index contributed by atoms with van der Waals surface area (Å²) in [5.41, 5.74) is 3.00. The number of fused-ring (bicyclic) bond motifs is 1. The number of halogens is 1. The van der Waals surface area contributed by atoms with Crippen LogP contribution in [0.3, 0.4) is 0 Å². The lowest BCUT2D eigenvalue weighted by atomic mass is 10.0. The summed E-state index contributed by atoms with van der Waals surface area (Å²) >= 11 is 1.45. The van der Waals surface area contributed by atoms with Crippen molar-refractivity contribution in [2.75, 3.05) is 6.54 Å². The zero-order valence-electron chi connectivity index (χ0n) is 22.6. The normalized spacial score (nSPS) is 16.8.